The molecule has 0 saturated carbocycles. The van der Waals surface area contributed by atoms with Crippen LogP contribution in [0.15, 0.2) is 15.4 Å². The predicted octanol–water partition coefficient (Wildman–Crippen LogP) is 0.468. The third kappa shape index (κ3) is 2.08. The van der Waals surface area contributed by atoms with Gasteiger partial charge in [0, 0.05) is 13.1 Å². The molecule has 0 fully saturated rings. The molecule has 0 aliphatic carbocycles. The zero-order chi connectivity index (χ0) is 12.5. The number of nitrogens with zero attached hydrogens (tertiary/aromatic N) is 1. The molecule has 0 unspecified atom stereocenters. The minimum absolute atomic E-state index is 0.00120. The Bertz CT molecular complexity index is 503. The Labute approximate surface area is 92.2 Å². The molecular weight excluding hydrogens is 238 g/mol. The number of hydrogen-bond donors (Lipinski definition) is 1. The van der Waals surface area contributed by atoms with Gasteiger partial charge in [-0.05, 0) is 6.92 Å². The summed E-state index contributed by atoms with van der Waals surface area (Å²) < 4.78 is 29.0. The van der Waals surface area contributed by atoms with Gasteiger partial charge in [-0.25, -0.2) is 13.2 Å². The first-order valence-corrected chi connectivity index (χ1v) is 5.61. The number of carboxylic acids is 1. The second-order valence-electron chi connectivity index (χ2n) is 2.93. The number of furan rings is 1. The fourth-order valence-corrected chi connectivity index (χ4v) is 2.20. The summed E-state index contributed by atoms with van der Waals surface area (Å²) in [6.45, 7) is 1.36. The van der Waals surface area contributed by atoms with Gasteiger partial charge in [0.2, 0.25) is 5.76 Å². The topological polar surface area (TPSA) is 97.0 Å². The van der Waals surface area contributed by atoms with Crippen LogP contribution in [0.3, 0.4) is 0 Å². The van der Waals surface area contributed by atoms with Crippen molar-refractivity contribution in [3.63, 3.8) is 0 Å². The molecule has 0 bridgehead atoms. The lowest BCUT2D eigenvalue weighted by atomic mass is 10.4. The molecule has 1 aromatic heterocycles. The van der Waals surface area contributed by atoms with Crippen LogP contribution in [-0.2, 0) is 14.9 Å². The molecular formula is C8H11NO6S. The number of aromatic carboxylic acids is 1. The molecule has 1 aromatic rings. The predicted molar refractivity (Wildman–Crippen MR) is 52.4 cm³/mol. The lowest BCUT2D eigenvalue weighted by Gasteiger charge is -2.12. The average Bonchev–Trinajstić information content (AvgIpc) is 2.59. The van der Waals surface area contributed by atoms with Crippen molar-refractivity contribution in [2.24, 2.45) is 0 Å². The summed E-state index contributed by atoms with van der Waals surface area (Å²) in [5.41, 5.74) is 0. The molecule has 0 saturated heterocycles. The summed E-state index contributed by atoms with van der Waals surface area (Å²) in [5.74, 6) is -1.76. The van der Waals surface area contributed by atoms with E-state index in [1.165, 1.54) is 21.1 Å². The maximum Gasteiger partial charge on any atom is 0.371 e. The van der Waals surface area contributed by atoms with E-state index in [1.54, 1.807) is 0 Å². The zero-order valence-corrected chi connectivity index (χ0v) is 9.74. The van der Waals surface area contributed by atoms with E-state index < -0.39 is 21.8 Å². The quantitative estimate of drug-likeness (QED) is 0.779. The summed E-state index contributed by atoms with van der Waals surface area (Å²) in [7, 11) is -1.50. The SMILES string of the molecule is CON(C)S(=O)(=O)c1cc(C(=O)O)oc1C. The minimum Gasteiger partial charge on any atom is -0.475 e. The first-order chi connectivity index (χ1) is 7.30. The molecule has 1 N–H and O–H groups in total. The fraction of sp³-hybridized carbons (Fsp3) is 0.375. The summed E-state index contributed by atoms with van der Waals surface area (Å²) in [6, 6.07) is 0.947. The number of aryl methyl sites for hydroxylation is 1. The highest BCUT2D eigenvalue weighted by Gasteiger charge is 2.27. The summed E-state index contributed by atoms with van der Waals surface area (Å²) in [5, 5.41) is 8.65. The fourth-order valence-electron chi connectivity index (χ4n) is 1.06. The normalized spacial score (nSPS) is 12.0. The van der Waals surface area contributed by atoms with E-state index in [0.29, 0.717) is 4.47 Å². The van der Waals surface area contributed by atoms with Gasteiger partial charge < -0.3 is 9.52 Å². The number of hydrogen-bond acceptors (Lipinski definition) is 5. The van der Waals surface area contributed by atoms with E-state index in [0.717, 1.165) is 6.07 Å². The van der Waals surface area contributed by atoms with Gasteiger partial charge >= 0.3 is 5.97 Å². The molecule has 0 atom stereocenters. The van der Waals surface area contributed by atoms with Crippen molar-refractivity contribution in [1.29, 1.82) is 0 Å². The number of carbonyl (C=O) groups is 1. The molecule has 7 nitrogen and oxygen atoms in total. The van der Waals surface area contributed by atoms with Crippen LogP contribution in [0.4, 0.5) is 0 Å². The summed E-state index contributed by atoms with van der Waals surface area (Å²) in [4.78, 5) is 14.9. The number of hydroxylamine groups is 1. The van der Waals surface area contributed by atoms with Crippen LogP contribution in [-0.4, -0.2) is 38.1 Å². The smallest absolute Gasteiger partial charge is 0.371 e. The number of sulfonamides is 1. The van der Waals surface area contributed by atoms with Gasteiger partial charge in [0.05, 0.1) is 7.11 Å². The molecule has 8 heteroatoms. The van der Waals surface area contributed by atoms with E-state index in [1.807, 2.05) is 0 Å². The molecule has 0 amide bonds. The second-order valence-corrected chi connectivity index (χ2v) is 4.84. The average molecular weight is 249 g/mol. The van der Waals surface area contributed by atoms with E-state index in [4.69, 9.17) is 9.52 Å². The van der Waals surface area contributed by atoms with E-state index >= 15 is 0 Å². The van der Waals surface area contributed by atoms with Crippen molar-refractivity contribution in [3.05, 3.63) is 17.6 Å². The van der Waals surface area contributed by atoms with Gasteiger partial charge in [0.1, 0.15) is 10.7 Å². The second kappa shape index (κ2) is 4.24. The van der Waals surface area contributed by atoms with Crippen molar-refractivity contribution in [1.82, 2.24) is 4.47 Å². The Hall–Kier alpha value is -1.38. The van der Waals surface area contributed by atoms with E-state index in [2.05, 4.69) is 4.84 Å². The van der Waals surface area contributed by atoms with Gasteiger partial charge in [-0.2, -0.15) is 0 Å². The Morgan fingerprint density at radius 3 is 2.50 bits per heavy atom. The molecule has 0 aromatic carbocycles. The van der Waals surface area contributed by atoms with Crippen LogP contribution < -0.4 is 0 Å². The zero-order valence-electron chi connectivity index (χ0n) is 8.92. The Morgan fingerprint density at radius 2 is 2.12 bits per heavy atom. The summed E-state index contributed by atoms with van der Waals surface area (Å²) >= 11 is 0. The van der Waals surface area contributed by atoms with Gasteiger partial charge in [-0.15, -0.1) is 0 Å². The van der Waals surface area contributed by atoms with E-state index in [9.17, 15) is 13.2 Å². The van der Waals surface area contributed by atoms with Crippen molar-refractivity contribution in [2.75, 3.05) is 14.2 Å². The maximum absolute atomic E-state index is 11.8. The van der Waals surface area contributed by atoms with Crippen molar-refractivity contribution >= 4 is 16.0 Å². The van der Waals surface area contributed by atoms with Crippen LogP contribution in [0, 0.1) is 6.92 Å². The van der Waals surface area contributed by atoms with Gasteiger partial charge in [0.25, 0.3) is 10.0 Å². The Morgan fingerprint density at radius 1 is 1.56 bits per heavy atom. The largest absolute Gasteiger partial charge is 0.475 e. The van der Waals surface area contributed by atoms with Crippen molar-refractivity contribution in [3.8, 4) is 0 Å². The molecule has 0 radical (unpaired) electrons. The third-order valence-electron chi connectivity index (χ3n) is 1.96. The Balaban J connectivity index is 3.29. The molecule has 0 aliphatic rings. The van der Waals surface area contributed by atoms with E-state index in [-0.39, 0.29) is 10.7 Å². The molecule has 1 rings (SSSR count). The minimum atomic E-state index is -3.88. The van der Waals surface area contributed by atoms with Crippen LogP contribution in [0.2, 0.25) is 0 Å². The number of rotatable bonds is 4. The van der Waals surface area contributed by atoms with Crippen LogP contribution >= 0.6 is 0 Å². The highest BCUT2D eigenvalue weighted by molar-refractivity contribution is 7.89. The monoisotopic (exact) mass is 249 g/mol. The van der Waals surface area contributed by atoms with Crippen molar-refractivity contribution in [2.45, 2.75) is 11.8 Å². The Kier molecular flexibility index (Phi) is 3.36. The summed E-state index contributed by atoms with van der Waals surface area (Å²) in [6.07, 6.45) is 0. The molecule has 1 heterocycles. The maximum atomic E-state index is 11.8. The number of carboxylic acid groups (broad SMARTS) is 1. The van der Waals surface area contributed by atoms with Gasteiger partial charge in [-0.3, -0.25) is 4.84 Å². The molecule has 0 aliphatic heterocycles. The highest BCUT2D eigenvalue weighted by Crippen LogP contribution is 2.22. The molecule has 16 heavy (non-hydrogen) atoms. The highest BCUT2D eigenvalue weighted by atomic mass is 32.2. The van der Waals surface area contributed by atoms with Crippen LogP contribution in [0.1, 0.15) is 16.3 Å². The molecule has 90 valence electrons. The molecule has 0 spiro atoms. The third-order valence-corrected chi connectivity index (χ3v) is 3.74. The lowest BCUT2D eigenvalue weighted by molar-refractivity contribution is -0.0259. The lowest BCUT2D eigenvalue weighted by Crippen LogP contribution is -2.25. The van der Waals surface area contributed by atoms with Crippen molar-refractivity contribution < 1.29 is 27.6 Å². The van der Waals surface area contributed by atoms with Crippen LogP contribution in [0.5, 0.6) is 0 Å². The van der Waals surface area contributed by atoms with Gasteiger partial charge in [0.15, 0.2) is 0 Å². The standard InChI is InChI=1S/C8H11NO6S/c1-5-7(4-6(15-5)8(10)11)16(12,13)9(2)14-3/h4H,1-3H3,(H,10,11). The van der Waals surface area contributed by atoms with Crippen LogP contribution in [0.25, 0.3) is 0 Å². The van der Waals surface area contributed by atoms with Gasteiger partial charge in [-0.1, -0.05) is 4.47 Å². The first kappa shape index (κ1) is 12.7. The first-order valence-electron chi connectivity index (χ1n) is 4.17.